The summed E-state index contributed by atoms with van der Waals surface area (Å²) in [7, 11) is 3.25. The molecule has 9 nitrogen and oxygen atoms in total. The fraction of sp³-hybridized carbons (Fsp3) is 0.375. The number of rotatable bonds is 6. The first-order valence-corrected chi connectivity index (χ1v) is 15.4. The predicted molar refractivity (Wildman–Crippen MR) is 171 cm³/mol. The van der Waals surface area contributed by atoms with E-state index in [2.05, 4.69) is 20.2 Å². The van der Waals surface area contributed by atoms with Gasteiger partial charge in [-0.15, -0.1) is 11.3 Å². The Morgan fingerprint density at radius 3 is 2.67 bits per heavy atom. The molecule has 0 bridgehead atoms. The van der Waals surface area contributed by atoms with Crippen molar-refractivity contribution in [2.45, 2.75) is 39.7 Å². The lowest BCUT2D eigenvalue weighted by atomic mass is 9.78. The van der Waals surface area contributed by atoms with Crippen molar-refractivity contribution in [2.24, 2.45) is 5.41 Å². The molecule has 1 fully saturated rings. The van der Waals surface area contributed by atoms with Crippen LogP contribution in [0.25, 0.3) is 32.1 Å². The van der Waals surface area contributed by atoms with Crippen LogP contribution < -0.4 is 14.8 Å². The Hall–Kier alpha value is -4.12. The van der Waals surface area contributed by atoms with Crippen LogP contribution in [-0.2, 0) is 4.74 Å². The number of nitriles is 1. The summed E-state index contributed by atoms with van der Waals surface area (Å²) in [5, 5.41) is 12.7. The third kappa shape index (κ3) is 6.29. The topological polar surface area (TPSA) is 110 Å². The van der Waals surface area contributed by atoms with Crippen LogP contribution in [0.4, 0.5) is 23.0 Å². The zero-order valence-electron chi connectivity index (χ0n) is 26.0. The van der Waals surface area contributed by atoms with Crippen LogP contribution in [0.1, 0.15) is 39.7 Å². The van der Waals surface area contributed by atoms with E-state index in [1.165, 1.54) is 19.2 Å². The van der Waals surface area contributed by atoms with Crippen LogP contribution in [0.2, 0.25) is 5.02 Å². The second-order valence-electron chi connectivity index (χ2n) is 12.3. The highest BCUT2D eigenvalue weighted by Crippen LogP contribution is 2.47. The maximum Gasteiger partial charge on any atom is 0.412 e. The molecule has 1 atom stereocenters. The molecule has 1 amide bonds. The third-order valence-corrected chi connectivity index (χ3v) is 8.98. The predicted octanol–water partition coefficient (Wildman–Crippen LogP) is 8.24. The van der Waals surface area contributed by atoms with Crippen molar-refractivity contribution in [3.05, 3.63) is 52.3 Å². The number of ether oxygens (including phenoxy) is 3. The molecule has 3 heterocycles. The number of carbonyl (C=O) groups excluding carboxylic acids is 1. The van der Waals surface area contributed by atoms with E-state index in [1.54, 1.807) is 20.8 Å². The number of carbonyl (C=O) groups is 1. The van der Waals surface area contributed by atoms with Gasteiger partial charge in [-0.3, -0.25) is 5.32 Å². The summed E-state index contributed by atoms with van der Waals surface area (Å²) < 4.78 is 63.1. The summed E-state index contributed by atoms with van der Waals surface area (Å²) >= 11 is 7.60. The Balaban J connectivity index is 1.64. The number of likely N-dealkylation sites (tertiary alicyclic amines) is 1. The molecule has 1 N–H and O–H groups in total. The van der Waals surface area contributed by atoms with Gasteiger partial charge in [-0.05, 0) is 58.0 Å². The van der Waals surface area contributed by atoms with Gasteiger partial charge in [0, 0.05) is 39.7 Å². The third-order valence-electron chi connectivity index (χ3n) is 7.61. The molecule has 0 unspecified atom stereocenters. The molecule has 242 valence electrons. The lowest BCUT2D eigenvalue weighted by Crippen LogP contribution is -2.44. The average molecular weight is 674 g/mol. The SMILES string of the molecule is COc1nc(OC[C@]2(C)CN(C)CC/C2=C\F)nc2c(F)c(-c3c(F)ccc4sc(NC(=O)OC(C)(C)C)c(C#N)c34)c(Cl)cc12. The van der Waals surface area contributed by atoms with Gasteiger partial charge < -0.3 is 19.1 Å². The number of amides is 1. The largest absolute Gasteiger partial charge is 0.480 e. The molecule has 46 heavy (non-hydrogen) atoms. The van der Waals surface area contributed by atoms with Crippen molar-refractivity contribution in [1.29, 1.82) is 5.26 Å². The van der Waals surface area contributed by atoms with Gasteiger partial charge in [-0.1, -0.05) is 18.5 Å². The Morgan fingerprint density at radius 2 is 2.02 bits per heavy atom. The van der Waals surface area contributed by atoms with Crippen LogP contribution >= 0.6 is 22.9 Å². The van der Waals surface area contributed by atoms with Crippen LogP contribution in [0, 0.1) is 28.4 Å². The summed E-state index contributed by atoms with van der Waals surface area (Å²) in [6.07, 6.45) is 0.298. The van der Waals surface area contributed by atoms with Crippen LogP contribution in [0.5, 0.6) is 11.9 Å². The molecule has 1 aliphatic heterocycles. The first kappa shape index (κ1) is 33.2. The quantitative estimate of drug-likeness (QED) is 0.218. The Morgan fingerprint density at radius 1 is 1.28 bits per heavy atom. The van der Waals surface area contributed by atoms with Gasteiger partial charge in [0.15, 0.2) is 5.82 Å². The molecule has 0 radical (unpaired) electrons. The summed E-state index contributed by atoms with van der Waals surface area (Å²) in [6, 6.07) is 5.65. The lowest BCUT2D eigenvalue weighted by molar-refractivity contribution is 0.0636. The first-order chi connectivity index (χ1) is 21.7. The lowest BCUT2D eigenvalue weighted by Gasteiger charge is -2.40. The number of fused-ring (bicyclic) bond motifs is 2. The van der Waals surface area contributed by atoms with E-state index >= 15 is 8.78 Å². The fourth-order valence-electron chi connectivity index (χ4n) is 5.54. The van der Waals surface area contributed by atoms with E-state index in [9.17, 15) is 14.4 Å². The molecule has 0 aliphatic carbocycles. The number of methoxy groups -OCH3 is 1. The van der Waals surface area contributed by atoms with E-state index in [-0.39, 0.29) is 61.5 Å². The number of piperidine rings is 1. The number of nitrogens with one attached hydrogen (secondary N) is 1. The summed E-state index contributed by atoms with van der Waals surface area (Å²) in [5.74, 6) is -1.91. The molecule has 4 aromatic rings. The molecule has 1 saturated heterocycles. The molecule has 2 aromatic carbocycles. The van der Waals surface area contributed by atoms with Crippen molar-refractivity contribution in [2.75, 3.05) is 39.2 Å². The molecule has 5 rings (SSSR count). The van der Waals surface area contributed by atoms with Crippen molar-refractivity contribution < 1.29 is 32.2 Å². The minimum atomic E-state index is -1.01. The van der Waals surface area contributed by atoms with Gasteiger partial charge in [0.25, 0.3) is 0 Å². The van der Waals surface area contributed by atoms with Crippen LogP contribution in [0.15, 0.2) is 30.1 Å². The number of anilines is 1. The van der Waals surface area contributed by atoms with E-state index in [4.69, 9.17) is 25.8 Å². The van der Waals surface area contributed by atoms with Crippen LogP contribution in [0.3, 0.4) is 0 Å². The maximum atomic E-state index is 16.6. The highest BCUT2D eigenvalue weighted by Gasteiger charge is 2.36. The zero-order valence-corrected chi connectivity index (χ0v) is 27.6. The van der Waals surface area contributed by atoms with Crippen molar-refractivity contribution in [3.8, 4) is 29.1 Å². The minimum Gasteiger partial charge on any atom is -0.480 e. The molecule has 14 heteroatoms. The Bertz CT molecular complexity index is 1940. The highest BCUT2D eigenvalue weighted by molar-refractivity contribution is 7.23. The molecule has 0 saturated carbocycles. The van der Waals surface area contributed by atoms with Gasteiger partial charge in [0.1, 0.15) is 34.6 Å². The minimum absolute atomic E-state index is 0.00832. The molecular weight excluding hydrogens is 643 g/mol. The summed E-state index contributed by atoms with van der Waals surface area (Å²) in [4.78, 5) is 23.1. The van der Waals surface area contributed by atoms with Gasteiger partial charge in [0.2, 0.25) is 5.88 Å². The molecular formula is C32H31ClF3N5O4S. The standard InChI is InChI=1S/C32H31ClF3N5O4S/c1-31(2,3)45-30(42)40-28-18(13-37)22-21(46-28)8-7-20(35)24(22)23-19(33)11-17-26(25(23)36)38-29(39-27(17)43-6)44-15-32(4)14-41(5)10-9-16(32)12-34/h7-8,11-12H,9-10,14-15H2,1-6H3,(H,40,42)/b16-12+/t32-/m0/s1. The zero-order chi connectivity index (χ0) is 33.6. The molecule has 2 aromatic heterocycles. The number of hydrogen-bond donors (Lipinski definition) is 1. The second-order valence-corrected chi connectivity index (χ2v) is 13.7. The summed E-state index contributed by atoms with van der Waals surface area (Å²) in [6.45, 7) is 8.10. The Labute approximate surface area is 272 Å². The Kier molecular flexibility index (Phi) is 9.10. The van der Waals surface area contributed by atoms with Crippen molar-refractivity contribution >= 4 is 55.0 Å². The second kappa shape index (κ2) is 12.6. The van der Waals surface area contributed by atoms with Gasteiger partial charge in [-0.2, -0.15) is 15.2 Å². The van der Waals surface area contributed by atoms with Gasteiger partial charge in [0.05, 0.1) is 29.4 Å². The maximum absolute atomic E-state index is 16.6. The molecule has 0 spiro atoms. The van der Waals surface area contributed by atoms with Gasteiger partial charge in [-0.25, -0.2) is 18.0 Å². The first-order valence-electron chi connectivity index (χ1n) is 14.2. The van der Waals surface area contributed by atoms with E-state index in [1.807, 2.05) is 20.0 Å². The van der Waals surface area contributed by atoms with Crippen molar-refractivity contribution in [1.82, 2.24) is 14.9 Å². The number of nitrogens with zero attached hydrogens (tertiary/aromatic N) is 4. The van der Waals surface area contributed by atoms with Gasteiger partial charge >= 0.3 is 12.1 Å². The average Bonchev–Trinajstić information content (AvgIpc) is 3.32. The molecule has 1 aliphatic rings. The van der Waals surface area contributed by atoms with E-state index < -0.39 is 28.7 Å². The number of aromatic nitrogens is 2. The number of hydrogen-bond acceptors (Lipinski definition) is 9. The van der Waals surface area contributed by atoms with E-state index in [0.29, 0.717) is 36.1 Å². The van der Waals surface area contributed by atoms with Crippen molar-refractivity contribution in [3.63, 3.8) is 0 Å². The monoisotopic (exact) mass is 673 g/mol. The smallest absolute Gasteiger partial charge is 0.412 e. The normalized spacial score (nSPS) is 18.2. The number of halogens is 4. The van der Waals surface area contributed by atoms with E-state index in [0.717, 1.165) is 17.4 Å². The fourth-order valence-corrected chi connectivity index (χ4v) is 6.87. The van der Waals surface area contributed by atoms with Crippen LogP contribution in [-0.4, -0.2) is 60.4 Å². The summed E-state index contributed by atoms with van der Waals surface area (Å²) in [5.41, 5.74) is -1.95. The number of thiophene rings is 1. The number of benzene rings is 2. The highest BCUT2D eigenvalue weighted by atomic mass is 35.5.